The van der Waals surface area contributed by atoms with E-state index in [0.29, 0.717) is 5.82 Å². The summed E-state index contributed by atoms with van der Waals surface area (Å²) in [6.45, 7) is 0. The van der Waals surface area contributed by atoms with Crippen molar-refractivity contribution >= 4 is 11.3 Å². The predicted octanol–water partition coefficient (Wildman–Crippen LogP) is 1.62. The monoisotopic (exact) mass is 194 g/mol. The fourth-order valence-corrected chi connectivity index (χ4v) is 1.60. The van der Waals surface area contributed by atoms with E-state index in [4.69, 9.17) is 10.2 Å². The Balaban J connectivity index is 2.53. The van der Waals surface area contributed by atoms with Gasteiger partial charge >= 0.3 is 0 Å². The first-order valence-electron chi connectivity index (χ1n) is 3.56. The number of hydrogen-bond donors (Lipinski definition) is 2. The lowest BCUT2D eigenvalue weighted by Gasteiger charge is -1.97. The molecule has 0 saturated heterocycles. The molecule has 2 rings (SSSR count). The van der Waals surface area contributed by atoms with Gasteiger partial charge in [-0.15, -0.1) is 11.3 Å². The van der Waals surface area contributed by atoms with Gasteiger partial charge in [-0.05, 0) is 11.4 Å². The zero-order valence-corrected chi connectivity index (χ0v) is 7.32. The van der Waals surface area contributed by atoms with Crippen LogP contribution in [0.3, 0.4) is 0 Å². The summed E-state index contributed by atoms with van der Waals surface area (Å²) in [5, 5.41) is 20.0. The zero-order chi connectivity index (χ0) is 9.26. The smallest absolute Gasteiger partial charge is 0.218 e. The van der Waals surface area contributed by atoms with Gasteiger partial charge in [0.15, 0.2) is 5.82 Å². The maximum Gasteiger partial charge on any atom is 0.218 e. The summed E-state index contributed by atoms with van der Waals surface area (Å²) < 4.78 is 0. The molecule has 0 aliphatic heterocycles. The van der Waals surface area contributed by atoms with Crippen LogP contribution in [0.4, 0.5) is 0 Å². The Morgan fingerprint density at radius 2 is 1.85 bits per heavy atom. The third kappa shape index (κ3) is 1.59. The summed E-state index contributed by atoms with van der Waals surface area (Å²) in [5.41, 5.74) is 0. The second kappa shape index (κ2) is 3.02. The van der Waals surface area contributed by atoms with Crippen LogP contribution < -0.4 is 0 Å². The molecule has 0 aromatic carbocycles. The Hall–Kier alpha value is -1.62. The summed E-state index contributed by atoms with van der Waals surface area (Å²) in [5.74, 6) is -0.112. The topological polar surface area (TPSA) is 66.2 Å². The Labute approximate surface area is 78.2 Å². The van der Waals surface area contributed by atoms with E-state index in [-0.39, 0.29) is 11.8 Å². The molecule has 0 atom stereocenters. The average Bonchev–Trinajstić information content (AvgIpc) is 2.53. The standard InChI is InChI=1S/C8H6N2O2S/c11-6-4-7(12)10-8(9-6)5-2-1-3-13-5/h1-4H,(H2,9,10,11,12). The van der Waals surface area contributed by atoms with Crippen molar-refractivity contribution in [1.29, 1.82) is 0 Å². The van der Waals surface area contributed by atoms with Crippen LogP contribution in [0.15, 0.2) is 23.6 Å². The van der Waals surface area contributed by atoms with Gasteiger partial charge in [-0.1, -0.05) is 6.07 Å². The molecule has 0 amide bonds. The second-order valence-corrected chi connectivity index (χ2v) is 3.33. The van der Waals surface area contributed by atoms with Crippen LogP contribution in [0.25, 0.3) is 10.7 Å². The maximum atomic E-state index is 9.09. The molecule has 66 valence electrons. The molecule has 2 aromatic heterocycles. The minimum Gasteiger partial charge on any atom is -0.493 e. The highest BCUT2D eigenvalue weighted by Gasteiger charge is 2.05. The van der Waals surface area contributed by atoms with Gasteiger partial charge in [-0.2, -0.15) is 9.97 Å². The van der Waals surface area contributed by atoms with Crippen LogP contribution in [-0.2, 0) is 0 Å². The van der Waals surface area contributed by atoms with E-state index in [1.54, 1.807) is 0 Å². The lowest BCUT2D eigenvalue weighted by Crippen LogP contribution is -1.85. The molecule has 0 aliphatic carbocycles. The number of aromatic hydroxyl groups is 2. The van der Waals surface area contributed by atoms with Crippen molar-refractivity contribution in [2.75, 3.05) is 0 Å². The van der Waals surface area contributed by atoms with Gasteiger partial charge in [0.25, 0.3) is 0 Å². The lowest BCUT2D eigenvalue weighted by atomic mass is 10.4. The molecular weight excluding hydrogens is 188 g/mol. The van der Waals surface area contributed by atoms with Crippen molar-refractivity contribution in [1.82, 2.24) is 9.97 Å². The first-order valence-corrected chi connectivity index (χ1v) is 4.44. The fourth-order valence-electron chi connectivity index (χ4n) is 0.938. The van der Waals surface area contributed by atoms with Gasteiger partial charge in [-0.3, -0.25) is 0 Å². The Morgan fingerprint density at radius 1 is 1.15 bits per heavy atom. The van der Waals surface area contributed by atoms with Gasteiger partial charge in [0, 0.05) is 0 Å². The van der Waals surface area contributed by atoms with Gasteiger partial charge < -0.3 is 10.2 Å². The number of nitrogens with zero attached hydrogens (tertiary/aromatic N) is 2. The maximum absolute atomic E-state index is 9.09. The van der Waals surface area contributed by atoms with Crippen LogP contribution >= 0.6 is 11.3 Å². The normalized spacial score (nSPS) is 10.2. The molecule has 13 heavy (non-hydrogen) atoms. The van der Waals surface area contributed by atoms with E-state index >= 15 is 0 Å². The molecular formula is C8H6N2O2S. The minimum absolute atomic E-state index is 0.226. The van der Waals surface area contributed by atoms with Crippen LogP contribution in [0, 0.1) is 0 Å². The molecule has 5 heteroatoms. The Kier molecular flexibility index (Phi) is 1.86. The first-order chi connectivity index (χ1) is 6.25. The molecule has 0 unspecified atom stereocenters. The third-order valence-electron chi connectivity index (χ3n) is 1.44. The van der Waals surface area contributed by atoms with Crippen LogP contribution in [0.2, 0.25) is 0 Å². The van der Waals surface area contributed by atoms with Crippen LogP contribution in [-0.4, -0.2) is 20.2 Å². The van der Waals surface area contributed by atoms with E-state index in [0.717, 1.165) is 10.9 Å². The van der Waals surface area contributed by atoms with E-state index in [1.165, 1.54) is 11.3 Å². The quantitative estimate of drug-likeness (QED) is 0.723. The fraction of sp³-hybridized carbons (Fsp3) is 0. The van der Waals surface area contributed by atoms with Crippen molar-refractivity contribution in [2.45, 2.75) is 0 Å². The molecule has 2 aromatic rings. The van der Waals surface area contributed by atoms with Crippen molar-refractivity contribution in [3.8, 4) is 22.5 Å². The summed E-state index contributed by atoms with van der Waals surface area (Å²) in [7, 11) is 0. The van der Waals surface area contributed by atoms with Crippen molar-refractivity contribution in [3.63, 3.8) is 0 Å². The van der Waals surface area contributed by atoms with Gasteiger partial charge in [0.05, 0.1) is 10.9 Å². The van der Waals surface area contributed by atoms with Gasteiger partial charge in [-0.25, -0.2) is 0 Å². The molecule has 2 heterocycles. The van der Waals surface area contributed by atoms with Crippen molar-refractivity contribution in [3.05, 3.63) is 23.6 Å². The van der Waals surface area contributed by atoms with E-state index in [2.05, 4.69) is 9.97 Å². The van der Waals surface area contributed by atoms with E-state index in [1.807, 2.05) is 17.5 Å². The molecule has 0 radical (unpaired) electrons. The number of thiophene rings is 1. The second-order valence-electron chi connectivity index (χ2n) is 2.39. The highest BCUT2D eigenvalue weighted by atomic mass is 32.1. The number of rotatable bonds is 1. The lowest BCUT2D eigenvalue weighted by molar-refractivity contribution is 0.423. The van der Waals surface area contributed by atoms with Gasteiger partial charge in [0.2, 0.25) is 11.8 Å². The number of hydrogen-bond acceptors (Lipinski definition) is 5. The molecule has 4 nitrogen and oxygen atoms in total. The molecule has 2 N–H and O–H groups in total. The Bertz CT molecular complexity index is 394. The van der Waals surface area contributed by atoms with Crippen molar-refractivity contribution in [2.24, 2.45) is 0 Å². The summed E-state index contributed by atoms with van der Waals surface area (Å²) in [4.78, 5) is 8.35. The highest BCUT2D eigenvalue weighted by molar-refractivity contribution is 7.13. The largest absolute Gasteiger partial charge is 0.493 e. The summed E-state index contributed by atoms with van der Waals surface area (Å²) >= 11 is 1.45. The van der Waals surface area contributed by atoms with E-state index < -0.39 is 0 Å². The minimum atomic E-state index is -0.226. The molecule has 0 spiro atoms. The summed E-state index contributed by atoms with van der Waals surface area (Å²) in [6.07, 6.45) is 0. The first kappa shape index (κ1) is 8.00. The number of aromatic nitrogens is 2. The molecule has 0 fully saturated rings. The van der Waals surface area contributed by atoms with E-state index in [9.17, 15) is 0 Å². The zero-order valence-electron chi connectivity index (χ0n) is 6.51. The third-order valence-corrected chi connectivity index (χ3v) is 2.31. The predicted molar refractivity (Wildman–Crippen MR) is 48.7 cm³/mol. The van der Waals surface area contributed by atoms with Crippen LogP contribution in [0.1, 0.15) is 0 Å². The van der Waals surface area contributed by atoms with Gasteiger partial charge in [0.1, 0.15) is 0 Å². The molecule has 0 aliphatic rings. The van der Waals surface area contributed by atoms with Crippen molar-refractivity contribution < 1.29 is 10.2 Å². The molecule has 0 bridgehead atoms. The molecule has 0 saturated carbocycles. The van der Waals surface area contributed by atoms with Crippen LogP contribution in [0.5, 0.6) is 11.8 Å². The highest BCUT2D eigenvalue weighted by Crippen LogP contribution is 2.24. The summed E-state index contributed by atoms with van der Waals surface area (Å²) in [6, 6.07) is 4.76. The SMILES string of the molecule is Oc1cc(O)nc(-c2cccs2)n1. The Morgan fingerprint density at radius 3 is 2.38 bits per heavy atom. The average molecular weight is 194 g/mol.